The van der Waals surface area contributed by atoms with Gasteiger partial charge in [-0.25, -0.2) is 17.2 Å². The van der Waals surface area contributed by atoms with Crippen molar-refractivity contribution in [2.45, 2.75) is 23.8 Å². The molecule has 4 nitrogen and oxygen atoms in total. The van der Waals surface area contributed by atoms with E-state index in [0.717, 1.165) is 25.0 Å². The molecule has 2 fully saturated rings. The number of nitrogens with two attached hydrogens (primary N) is 1. The van der Waals surface area contributed by atoms with Gasteiger partial charge in [0.2, 0.25) is 10.0 Å². The Morgan fingerprint density at radius 3 is 2.50 bits per heavy atom. The molecule has 9 heteroatoms. The van der Waals surface area contributed by atoms with Crippen LogP contribution in [0.4, 0.5) is 8.78 Å². The first-order valence-electron chi connectivity index (χ1n) is 6.71. The quantitative estimate of drug-likeness (QED) is 0.752. The first-order valence-corrected chi connectivity index (χ1v) is 8.94. The number of nitrogens with zero attached hydrogens (tertiary/aromatic N) is 1. The van der Waals surface area contributed by atoms with Gasteiger partial charge >= 0.3 is 0 Å². The molecule has 0 spiro atoms. The number of halogens is 4. The minimum absolute atomic E-state index is 0. The van der Waals surface area contributed by atoms with E-state index in [1.165, 1.54) is 4.31 Å². The average Bonchev–Trinajstić information content (AvgIpc) is 2.97. The second kappa shape index (κ2) is 6.32. The predicted octanol–water partition coefficient (Wildman–Crippen LogP) is 2.51. The Morgan fingerprint density at radius 1 is 1.18 bits per heavy atom. The number of benzene rings is 1. The van der Waals surface area contributed by atoms with Crippen molar-refractivity contribution in [3.8, 4) is 0 Å². The minimum Gasteiger partial charge on any atom is -0.327 e. The summed E-state index contributed by atoms with van der Waals surface area (Å²) in [7, 11) is -4.03. The fourth-order valence-electron chi connectivity index (χ4n) is 3.30. The number of hydrogen-bond acceptors (Lipinski definition) is 3. The molecule has 0 aromatic heterocycles. The van der Waals surface area contributed by atoms with E-state index >= 15 is 0 Å². The Morgan fingerprint density at radius 2 is 1.86 bits per heavy atom. The summed E-state index contributed by atoms with van der Waals surface area (Å²) in [5.41, 5.74) is 5.98. The molecule has 0 radical (unpaired) electrons. The molecule has 1 heterocycles. The molecule has 1 aliphatic carbocycles. The fraction of sp³-hybridized carbons (Fsp3) is 0.538. The molecule has 3 rings (SSSR count). The summed E-state index contributed by atoms with van der Waals surface area (Å²) in [5, 5.41) is 0. The SMILES string of the molecule is Cl.NC1CCC2CN(S(=O)(=O)c3cc(F)c(Br)cc3F)CC12. The van der Waals surface area contributed by atoms with Gasteiger partial charge in [0.05, 0.1) is 4.47 Å². The maximum absolute atomic E-state index is 13.9. The molecule has 0 bridgehead atoms. The van der Waals surface area contributed by atoms with E-state index in [-0.39, 0.29) is 41.3 Å². The standard InChI is InChI=1S/C13H15BrF2N2O2S.ClH/c14-9-3-11(16)13(4-10(9)15)21(19,20)18-5-7-1-2-12(17)8(7)6-18;/h3-4,7-8,12H,1-2,5-6,17H2;1H. The van der Waals surface area contributed by atoms with E-state index in [1.807, 2.05) is 0 Å². The number of sulfonamides is 1. The lowest BCUT2D eigenvalue weighted by Gasteiger charge is -2.19. The molecule has 1 aromatic carbocycles. The van der Waals surface area contributed by atoms with E-state index in [1.54, 1.807) is 0 Å². The monoisotopic (exact) mass is 416 g/mol. The summed E-state index contributed by atoms with van der Waals surface area (Å²) in [5.74, 6) is -1.42. The zero-order valence-corrected chi connectivity index (χ0v) is 14.7. The Bertz CT molecular complexity index is 689. The van der Waals surface area contributed by atoms with Gasteiger partial charge in [-0.05, 0) is 52.7 Å². The van der Waals surface area contributed by atoms with Gasteiger partial charge in [-0.2, -0.15) is 4.31 Å². The molecule has 2 aliphatic rings. The van der Waals surface area contributed by atoms with Crippen LogP contribution < -0.4 is 5.73 Å². The van der Waals surface area contributed by atoms with Gasteiger partial charge < -0.3 is 5.73 Å². The van der Waals surface area contributed by atoms with Crippen LogP contribution in [0.2, 0.25) is 0 Å². The highest BCUT2D eigenvalue weighted by Gasteiger charge is 2.45. The van der Waals surface area contributed by atoms with Gasteiger partial charge in [-0.1, -0.05) is 0 Å². The second-order valence-electron chi connectivity index (χ2n) is 5.68. The highest BCUT2D eigenvalue weighted by molar-refractivity contribution is 9.10. The van der Waals surface area contributed by atoms with Crippen LogP contribution in [0.25, 0.3) is 0 Å². The Balaban J connectivity index is 0.00000176. The van der Waals surface area contributed by atoms with Crippen molar-refractivity contribution in [1.82, 2.24) is 4.31 Å². The first kappa shape index (κ1) is 18.1. The van der Waals surface area contributed by atoms with Crippen molar-refractivity contribution in [3.63, 3.8) is 0 Å². The molecular formula is C13H16BrClF2N2O2S. The molecule has 3 unspecified atom stereocenters. The topological polar surface area (TPSA) is 63.4 Å². The summed E-state index contributed by atoms with van der Waals surface area (Å²) in [4.78, 5) is -0.614. The van der Waals surface area contributed by atoms with Crippen LogP contribution in [0.3, 0.4) is 0 Å². The third-order valence-electron chi connectivity index (χ3n) is 4.47. The summed E-state index contributed by atoms with van der Waals surface area (Å²) in [6, 6.07) is 1.55. The average molecular weight is 418 g/mol. The Kier molecular flexibility index (Phi) is 5.19. The molecule has 1 saturated carbocycles. The van der Waals surface area contributed by atoms with Crippen LogP contribution in [0.1, 0.15) is 12.8 Å². The van der Waals surface area contributed by atoms with Crippen LogP contribution in [0.15, 0.2) is 21.5 Å². The van der Waals surface area contributed by atoms with Crippen molar-refractivity contribution in [2.24, 2.45) is 17.6 Å². The molecule has 1 aromatic rings. The number of hydrogen-bond donors (Lipinski definition) is 1. The zero-order valence-electron chi connectivity index (χ0n) is 11.5. The summed E-state index contributed by atoms with van der Waals surface area (Å²) >= 11 is 2.84. The summed E-state index contributed by atoms with van der Waals surface area (Å²) in [6.07, 6.45) is 1.78. The van der Waals surface area contributed by atoms with Crippen LogP contribution >= 0.6 is 28.3 Å². The van der Waals surface area contributed by atoms with Gasteiger partial charge in [0.25, 0.3) is 0 Å². The first-order chi connectivity index (χ1) is 9.80. The van der Waals surface area contributed by atoms with Gasteiger partial charge in [0.15, 0.2) is 0 Å². The summed E-state index contributed by atoms with van der Waals surface area (Å²) < 4.78 is 53.6. The van der Waals surface area contributed by atoms with Crippen LogP contribution in [0.5, 0.6) is 0 Å². The molecule has 2 N–H and O–H groups in total. The molecule has 0 amide bonds. The highest BCUT2D eigenvalue weighted by atomic mass is 79.9. The predicted molar refractivity (Wildman–Crippen MR) is 84.3 cm³/mol. The van der Waals surface area contributed by atoms with Crippen molar-refractivity contribution < 1.29 is 17.2 Å². The smallest absolute Gasteiger partial charge is 0.246 e. The Labute approximate surface area is 142 Å². The molecule has 3 atom stereocenters. The maximum Gasteiger partial charge on any atom is 0.246 e. The lowest BCUT2D eigenvalue weighted by atomic mass is 9.98. The van der Waals surface area contributed by atoms with E-state index in [4.69, 9.17) is 5.73 Å². The van der Waals surface area contributed by atoms with Crippen molar-refractivity contribution in [2.75, 3.05) is 13.1 Å². The lowest BCUT2D eigenvalue weighted by Crippen LogP contribution is -2.34. The molecule has 1 saturated heterocycles. The van der Waals surface area contributed by atoms with Gasteiger partial charge in [-0.3, -0.25) is 0 Å². The zero-order chi connectivity index (χ0) is 15.4. The van der Waals surface area contributed by atoms with E-state index in [0.29, 0.717) is 6.54 Å². The fourth-order valence-corrected chi connectivity index (χ4v) is 5.21. The van der Waals surface area contributed by atoms with Gasteiger partial charge in [0.1, 0.15) is 16.5 Å². The highest BCUT2D eigenvalue weighted by Crippen LogP contribution is 2.39. The van der Waals surface area contributed by atoms with Crippen LogP contribution in [0, 0.1) is 23.5 Å². The largest absolute Gasteiger partial charge is 0.327 e. The molecule has 124 valence electrons. The lowest BCUT2D eigenvalue weighted by molar-refractivity contribution is 0.423. The normalized spacial score (nSPS) is 28.5. The van der Waals surface area contributed by atoms with Crippen molar-refractivity contribution in [1.29, 1.82) is 0 Å². The van der Waals surface area contributed by atoms with E-state index in [9.17, 15) is 17.2 Å². The van der Waals surface area contributed by atoms with Crippen molar-refractivity contribution in [3.05, 3.63) is 28.2 Å². The van der Waals surface area contributed by atoms with Gasteiger partial charge in [0, 0.05) is 19.1 Å². The summed E-state index contributed by atoms with van der Waals surface area (Å²) in [6.45, 7) is 0.614. The van der Waals surface area contributed by atoms with E-state index < -0.39 is 26.6 Å². The van der Waals surface area contributed by atoms with Crippen LogP contribution in [-0.4, -0.2) is 31.9 Å². The number of fused-ring (bicyclic) bond motifs is 1. The molecule has 1 aliphatic heterocycles. The van der Waals surface area contributed by atoms with Gasteiger partial charge in [-0.15, -0.1) is 12.4 Å². The number of rotatable bonds is 2. The third-order valence-corrected chi connectivity index (χ3v) is 6.93. The van der Waals surface area contributed by atoms with Crippen LogP contribution in [-0.2, 0) is 10.0 Å². The maximum atomic E-state index is 13.9. The van der Waals surface area contributed by atoms with Crippen molar-refractivity contribution >= 4 is 38.4 Å². The third kappa shape index (κ3) is 2.91. The molecular weight excluding hydrogens is 402 g/mol. The molecule has 22 heavy (non-hydrogen) atoms. The second-order valence-corrected chi connectivity index (χ2v) is 8.44. The van der Waals surface area contributed by atoms with E-state index in [2.05, 4.69) is 15.9 Å². The Hall–Kier alpha value is -0.280. The minimum atomic E-state index is -4.03.